The summed E-state index contributed by atoms with van der Waals surface area (Å²) in [6.07, 6.45) is 2.32. The fourth-order valence-corrected chi connectivity index (χ4v) is 2.60. The van der Waals surface area contributed by atoms with Crippen LogP contribution in [0.15, 0.2) is 24.3 Å². The molecule has 1 aliphatic heterocycles. The Morgan fingerprint density at radius 2 is 1.84 bits per heavy atom. The maximum Gasteiger partial charge on any atom is 0.0372 e. The lowest BCUT2D eigenvalue weighted by atomic mass is 10.1. The van der Waals surface area contributed by atoms with Crippen LogP contribution in [0.2, 0.25) is 0 Å². The van der Waals surface area contributed by atoms with Crippen molar-refractivity contribution < 1.29 is 0 Å². The third-order valence-electron chi connectivity index (χ3n) is 3.96. The van der Waals surface area contributed by atoms with E-state index in [9.17, 15) is 0 Å². The third-order valence-corrected chi connectivity index (χ3v) is 3.96. The van der Waals surface area contributed by atoms with Crippen molar-refractivity contribution >= 4 is 5.69 Å². The quantitative estimate of drug-likeness (QED) is 0.793. The molecule has 1 fully saturated rings. The fraction of sp³-hybridized carbons (Fsp3) is 0.625. The van der Waals surface area contributed by atoms with Crippen LogP contribution in [0.3, 0.4) is 0 Å². The van der Waals surface area contributed by atoms with Crippen LogP contribution in [0, 0.1) is 0 Å². The molecule has 1 aromatic carbocycles. The second kappa shape index (κ2) is 7.51. The summed E-state index contributed by atoms with van der Waals surface area (Å²) in [6.45, 7) is 9.38. The summed E-state index contributed by atoms with van der Waals surface area (Å²) in [5.74, 6) is 0. The minimum Gasteiger partial charge on any atom is -0.385 e. The monoisotopic (exact) mass is 261 g/mol. The Kier molecular flexibility index (Phi) is 5.67. The Bertz CT molecular complexity index is 370. The van der Waals surface area contributed by atoms with Crippen molar-refractivity contribution in [3.8, 4) is 0 Å². The van der Waals surface area contributed by atoms with Crippen LogP contribution in [0.5, 0.6) is 0 Å². The minimum absolute atomic E-state index is 1.07. The van der Waals surface area contributed by atoms with E-state index in [-0.39, 0.29) is 0 Å². The molecule has 2 rings (SSSR count). The van der Waals surface area contributed by atoms with Gasteiger partial charge in [-0.2, -0.15) is 0 Å². The molecule has 1 aromatic rings. The lowest BCUT2D eigenvalue weighted by Crippen LogP contribution is -2.44. The normalized spacial score (nSPS) is 17.6. The molecule has 0 amide bonds. The lowest BCUT2D eigenvalue weighted by molar-refractivity contribution is 0.154. The average molecular weight is 261 g/mol. The molecule has 3 nitrogen and oxygen atoms in total. The molecule has 106 valence electrons. The number of anilines is 1. The zero-order valence-electron chi connectivity index (χ0n) is 12.4. The van der Waals surface area contributed by atoms with Gasteiger partial charge in [-0.3, -0.25) is 0 Å². The summed E-state index contributed by atoms with van der Waals surface area (Å²) < 4.78 is 0. The van der Waals surface area contributed by atoms with Crippen LogP contribution in [0.25, 0.3) is 0 Å². The summed E-state index contributed by atoms with van der Waals surface area (Å²) in [5.41, 5.74) is 2.73. The number of hydrogen-bond acceptors (Lipinski definition) is 3. The van der Waals surface area contributed by atoms with E-state index in [2.05, 4.69) is 53.4 Å². The molecule has 0 unspecified atom stereocenters. The first kappa shape index (κ1) is 14.4. The predicted octanol–water partition coefficient (Wildman–Crippen LogP) is 2.30. The average Bonchev–Trinajstić information content (AvgIpc) is 2.46. The zero-order valence-corrected chi connectivity index (χ0v) is 12.4. The number of para-hydroxylation sites is 1. The van der Waals surface area contributed by atoms with Gasteiger partial charge in [0.1, 0.15) is 0 Å². The molecule has 0 spiro atoms. The molecule has 1 heterocycles. The number of nitrogens with zero attached hydrogens (tertiary/aromatic N) is 2. The second-order valence-electron chi connectivity index (χ2n) is 5.44. The van der Waals surface area contributed by atoms with Gasteiger partial charge in [-0.05, 0) is 38.1 Å². The van der Waals surface area contributed by atoms with Gasteiger partial charge in [0.15, 0.2) is 0 Å². The SMILES string of the molecule is CCc1ccccc1NCCCN1CCN(C)CC1. The molecule has 19 heavy (non-hydrogen) atoms. The molecule has 0 saturated carbocycles. The highest BCUT2D eigenvalue weighted by Crippen LogP contribution is 2.15. The van der Waals surface area contributed by atoms with Crippen molar-refractivity contribution in [3.05, 3.63) is 29.8 Å². The Morgan fingerprint density at radius 1 is 1.11 bits per heavy atom. The minimum atomic E-state index is 1.07. The molecular weight excluding hydrogens is 234 g/mol. The highest BCUT2D eigenvalue weighted by molar-refractivity contribution is 5.50. The Morgan fingerprint density at radius 3 is 2.58 bits per heavy atom. The molecule has 0 atom stereocenters. The van der Waals surface area contributed by atoms with Crippen LogP contribution in [-0.4, -0.2) is 56.1 Å². The first-order valence-electron chi connectivity index (χ1n) is 7.52. The van der Waals surface area contributed by atoms with Crippen LogP contribution in [0.1, 0.15) is 18.9 Å². The van der Waals surface area contributed by atoms with E-state index in [1.807, 2.05) is 0 Å². The van der Waals surface area contributed by atoms with Crippen LogP contribution < -0.4 is 5.32 Å². The van der Waals surface area contributed by atoms with E-state index in [4.69, 9.17) is 0 Å². The molecule has 0 aromatic heterocycles. The van der Waals surface area contributed by atoms with Crippen LogP contribution in [-0.2, 0) is 6.42 Å². The highest BCUT2D eigenvalue weighted by Gasteiger charge is 2.12. The van der Waals surface area contributed by atoms with Crippen LogP contribution in [0.4, 0.5) is 5.69 Å². The number of benzene rings is 1. The van der Waals surface area contributed by atoms with Gasteiger partial charge in [-0.25, -0.2) is 0 Å². The number of piperazine rings is 1. The van der Waals surface area contributed by atoms with Gasteiger partial charge >= 0.3 is 0 Å². The highest BCUT2D eigenvalue weighted by atomic mass is 15.2. The third kappa shape index (κ3) is 4.51. The summed E-state index contributed by atoms with van der Waals surface area (Å²) in [5, 5.41) is 3.58. The maximum absolute atomic E-state index is 3.58. The molecule has 1 N–H and O–H groups in total. The van der Waals surface area contributed by atoms with Crippen LogP contribution >= 0.6 is 0 Å². The van der Waals surface area contributed by atoms with Gasteiger partial charge in [0.05, 0.1) is 0 Å². The number of hydrogen-bond donors (Lipinski definition) is 1. The molecule has 1 aliphatic rings. The van der Waals surface area contributed by atoms with Crippen molar-refractivity contribution in [2.45, 2.75) is 19.8 Å². The summed E-state index contributed by atoms with van der Waals surface area (Å²) >= 11 is 0. The lowest BCUT2D eigenvalue weighted by Gasteiger charge is -2.32. The van der Waals surface area contributed by atoms with Gasteiger partial charge in [0.25, 0.3) is 0 Å². The van der Waals surface area contributed by atoms with Crippen molar-refractivity contribution in [3.63, 3.8) is 0 Å². The van der Waals surface area contributed by atoms with E-state index < -0.39 is 0 Å². The van der Waals surface area contributed by atoms with E-state index in [1.54, 1.807) is 0 Å². The van der Waals surface area contributed by atoms with Crippen molar-refractivity contribution in [1.29, 1.82) is 0 Å². The second-order valence-corrected chi connectivity index (χ2v) is 5.44. The number of rotatable bonds is 6. The van der Waals surface area contributed by atoms with Gasteiger partial charge in [-0.15, -0.1) is 0 Å². The Labute approximate surface area is 117 Å². The fourth-order valence-electron chi connectivity index (χ4n) is 2.60. The van der Waals surface area contributed by atoms with Gasteiger partial charge in [0, 0.05) is 38.4 Å². The summed E-state index contributed by atoms with van der Waals surface area (Å²) in [6, 6.07) is 8.63. The van der Waals surface area contributed by atoms with Gasteiger partial charge in [0.2, 0.25) is 0 Å². The van der Waals surface area contributed by atoms with E-state index in [0.29, 0.717) is 0 Å². The zero-order chi connectivity index (χ0) is 13.5. The summed E-state index contributed by atoms with van der Waals surface area (Å²) in [7, 11) is 2.21. The number of likely N-dealkylation sites (N-methyl/N-ethyl adjacent to an activating group) is 1. The van der Waals surface area contributed by atoms with E-state index >= 15 is 0 Å². The largest absolute Gasteiger partial charge is 0.385 e. The molecular formula is C16H27N3. The van der Waals surface area contributed by atoms with Gasteiger partial charge in [-0.1, -0.05) is 25.1 Å². The predicted molar refractivity (Wildman–Crippen MR) is 82.9 cm³/mol. The topological polar surface area (TPSA) is 18.5 Å². The first-order chi connectivity index (χ1) is 9.29. The van der Waals surface area contributed by atoms with E-state index in [1.165, 1.54) is 50.4 Å². The molecule has 0 aliphatic carbocycles. The van der Waals surface area contributed by atoms with Crippen molar-refractivity contribution in [2.75, 3.05) is 51.6 Å². The smallest absolute Gasteiger partial charge is 0.0372 e. The molecule has 3 heteroatoms. The number of nitrogens with one attached hydrogen (secondary N) is 1. The first-order valence-corrected chi connectivity index (χ1v) is 7.52. The van der Waals surface area contributed by atoms with Gasteiger partial charge < -0.3 is 15.1 Å². The standard InChI is InChI=1S/C16H27N3/c1-3-15-7-4-5-8-16(15)17-9-6-10-19-13-11-18(2)12-14-19/h4-5,7-8,17H,3,6,9-14H2,1-2H3. The Balaban J connectivity index is 1.66. The summed E-state index contributed by atoms with van der Waals surface area (Å²) in [4.78, 5) is 4.99. The van der Waals surface area contributed by atoms with Crippen molar-refractivity contribution in [1.82, 2.24) is 9.80 Å². The van der Waals surface area contributed by atoms with E-state index in [0.717, 1.165) is 13.0 Å². The van der Waals surface area contributed by atoms with Crippen molar-refractivity contribution in [2.24, 2.45) is 0 Å². The molecule has 1 saturated heterocycles. The number of aryl methyl sites for hydroxylation is 1. The Hall–Kier alpha value is -1.06. The molecule has 0 radical (unpaired) electrons. The molecule has 0 bridgehead atoms. The maximum atomic E-state index is 3.58.